The number of benzene rings is 2. The van der Waals surface area contributed by atoms with Crippen molar-refractivity contribution in [3.63, 3.8) is 0 Å². The van der Waals surface area contributed by atoms with Gasteiger partial charge in [0.25, 0.3) is 6.17 Å². The highest BCUT2D eigenvalue weighted by molar-refractivity contribution is 7.86. The minimum atomic E-state index is -6.66. The first-order chi connectivity index (χ1) is 15.1. The Balaban J connectivity index is 0.000000385. The molecule has 0 saturated heterocycles. The Morgan fingerprint density at radius 2 is 1.00 bits per heavy atom. The number of hydrogen-bond acceptors (Lipinski definition) is 3. The first-order valence-corrected chi connectivity index (χ1v) is 13.5. The van der Waals surface area contributed by atoms with Crippen molar-refractivity contribution in [1.29, 1.82) is 0 Å². The van der Waals surface area contributed by atoms with Gasteiger partial charge in [-0.15, -0.1) is 0 Å². The fourth-order valence-electron chi connectivity index (χ4n) is 2.47. The number of halogens is 7. The summed E-state index contributed by atoms with van der Waals surface area (Å²) in [4.78, 5) is 0. The van der Waals surface area contributed by atoms with E-state index in [0.717, 1.165) is 0 Å². The van der Waals surface area contributed by atoms with Crippen molar-refractivity contribution in [3.05, 3.63) is 66.8 Å². The quantitative estimate of drug-likeness (QED) is 0.298. The summed E-state index contributed by atoms with van der Waals surface area (Å²) in [7, 11) is -6.66. The zero-order chi connectivity index (χ0) is 26.8. The van der Waals surface area contributed by atoms with Gasteiger partial charge < -0.3 is 4.55 Å². The second-order valence-electron chi connectivity index (χ2n) is 9.53. The fourth-order valence-corrected chi connectivity index (χ4v) is 5.01. The van der Waals surface area contributed by atoms with Crippen molar-refractivity contribution in [1.82, 2.24) is 0 Å². The predicted molar refractivity (Wildman–Crippen MR) is 113 cm³/mol. The maximum atomic E-state index is 11.8. The molecule has 0 spiro atoms. The van der Waals surface area contributed by atoms with Crippen molar-refractivity contribution in [2.75, 3.05) is 0 Å². The standard InChI is InChI=1S/C20H26I.C3H2F6O3S/c1-19(2,3)15-7-11-17(12-8-15)21-18-13-9-16(10-14-18)20(4,5)6;4-1(2(5,6)7)3(8,9)13(10,11)12/h7-14H,1-6H3;1H,(H,10,11,12)/q+1;/p-1. The minimum absolute atomic E-state index is 0.0703. The topological polar surface area (TPSA) is 57.2 Å². The van der Waals surface area contributed by atoms with E-state index in [-0.39, 0.29) is 32.0 Å². The van der Waals surface area contributed by atoms with E-state index in [1.807, 2.05) is 0 Å². The van der Waals surface area contributed by atoms with Crippen LogP contribution in [-0.4, -0.2) is 30.6 Å². The molecule has 0 saturated carbocycles. The van der Waals surface area contributed by atoms with Gasteiger partial charge in [0.05, 0.1) is 0 Å². The summed E-state index contributed by atoms with van der Waals surface area (Å²) in [5, 5.41) is -5.99. The molecule has 11 heteroatoms. The van der Waals surface area contributed by atoms with E-state index in [9.17, 15) is 39.3 Å². The highest BCUT2D eigenvalue weighted by Crippen LogP contribution is 2.37. The molecule has 0 aromatic heterocycles. The average molecular weight is 624 g/mol. The zero-order valence-corrected chi connectivity index (χ0v) is 22.4. The van der Waals surface area contributed by atoms with E-state index in [2.05, 4.69) is 90.1 Å². The van der Waals surface area contributed by atoms with E-state index in [4.69, 9.17) is 0 Å². The Hall–Kier alpha value is -1.34. The van der Waals surface area contributed by atoms with Crippen LogP contribution in [0.2, 0.25) is 0 Å². The predicted octanol–water partition coefficient (Wildman–Crippen LogP) is 3.43. The Morgan fingerprint density at radius 1 is 0.706 bits per heavy atom. The average Bonchev–Trinajstić information content (AvgIpc) is 2.66. The summed E-state index contributed by atoms with van der Waals surface area (Å²) in [5.41, 5.74) is 3.31. The van der Waals surface area contributed by atoms with Crippen LogP contribution in [0.25, 0.3) is 0 Å². The number of alkyl halides is 6. The summed E-state index contributed by atoms with van der Waals surface area (Å²) in [6.45, 7) is 13.6. The van der Waals surface area contributed by atoms with Gasteiger partial charge in [0.1, 0.15) is 0 Å². The van der Waals surface area contributed by atoms with E-state index in [1.165, 1.54) is 18.3 Å². The lowest BCUT2D eigenvalue weighted by molar-refractivity contribution is -0.597. The molecule has 3 nitrogen and oxygen atoms in total. The third-order valence-electron chi connectivity index (χ3n) is 4.55. The maximum Gasteiger partial charge on any atom is 0.426 e. The molecule has 0 amide bonds. The van der Waals surface area contributed by atoms with Crippen LogP contribution in [0, 0.1) is 7.14 Å². The highest BCUT2D eigenvalue weighted by atomic mass is 127. The molecular weight excluding hydrogens is 597 g/mol. The molecule has 0 N–H and O–H groups in total. The van der Waals surface area contributed by atoms with E-state index < -0.39 is 27.7 Å². The smallest absolute Gasteiger partial charge is 0.426 e. The molecule has 2 aromatic carbocycles. The Kier molecular flexibility index (Phi) is 9.69. The van der Waals surface area contributed by atoms with Crippen LogP contribution in [0.5, 0.6) is 0 Å². The van der Waals surface area contributed by atoms with Gasteiger partial charge in [-0.1, -0.05) is 65.8 Å². The van der Waals surface area contributed by atoms with Crippen LogP contribution < -0.4 is 21.2 Å². The van der Waals surface area contributed by atoms with Gasteiger partial charge in [-0.2, -0.15) is 22.0 Å². The second kappa shape index (κ2) is 10.7. The van der Waals surface area contributed by atoms with Gasteiger partial charge >= 0.3 is 32.6 Å². The van der Waals surface area contributed by atoms with Crippen molar-refractivity contribution in [2.24, 2.45) is 0 Å². The third-order valence-corrected chi connectivity index (χ3v) is 8.11. The molecule has 0 aliphatic rings. The van der Waals surface area contributed by atoms with Crippen molar-refractivity contribution in [3.8, 4) is 0 Å². The molecule has 2 rings (SSSR count). The summed E-state index contributed by atoms with van der Waals surface area (Å²) in [6, 6.07) is 18.4. The Bertz CT molecular complexity index is 981. The van der Waals surface area contributed by atoms with E-state index in [1.54, 1.807) is 0 Å². The summed E-state index contributed by atoms with van der Waals surface area (Å²) < 4.78 is 100. The van der Waals surface area contributed by atoms with E-state index >= 15 is 0 Å². The molecule has 34 heavy (non-hydrogen) atoms. The monoisotopic (exact) mass is 624 g/mol. The van der Waals surface area contributed by atoms with Crippen LogP contribution in [0.3, 0.4) is 0 Å². The molecule has 0 aliphatic carbocycles. The van der Waals surface area contributed by atoms with Gasteiger partial charge in [-0.25, -0.2) is 12.8 Å². The molecule has 0 radical (unpaired) electrons. The number of rotatable bonds is 4. The van der Waals surface area contributed by atoms with Crippen molar-refractivity contribution >= 4 is 10.1 Å². The van der Waals surface area contributed by atoms with E-state index in [0.29, 0.717) is 0 Å². The molecule has 2 aromatic rings. The lowest BCUT2D eigenvalue weighted by atomic mass is 9.87. The zero-order valence-electron chi connectivity index (χ0n) is 19.5. The third kappa shape index (κ3) is 8.71. The molecule has 1 atom stereocenters. The normalized spacial score (nSPS) is 14.3. The first-order valence-electron chi connectivity index (χ1n) is 9.97. The van der Waals surface area contributed by atoms with Gasteiger partial charge in [0.15, 0.2) is 17.3 Å². The molecular formula is C23H27F6IO3S. The minimum Gasteiger partial charge on any atom is -0.743 e. The van der Waals surface area contributed by atoms with Crippen LogP contribution in [0.4, 0.5) is 26.3 Å². The molecule has 0 bridgehead atoms. The van der Waals surface area contributed by atoms with Gasteiger partial charge in [-0.05, 0) is 46.2 Å². The number of hydrogen-bond donors (Lipinski definition) is 0. The Morgan fingerprint density at radius 3 is 1.18 bits per heavy atom. The maximum absolute atomic E-state index is 11.8. The van der Waals surface area contributed by atoms with Crippen molar-refractivity contribution < 1.29 is 60.5 Å². The first kappa shape index (κ1) is 30.7. The van der Waals surface area contributed by atoms with Crippen LogP contribution in [-0.2, 0) is 20.9 Å². The molecule has 192 valence electrons. The Labute approximate surface area is 207 Å². The molecule has 0 heterocycles. The van der Waals surface area contributed by atoms with Crippen LogP contribution in [0.15, 0.2) is 48.5 Å². The lowest BCUT2D eigenvalue weighted by Gasteiger charge is -2.24. The molecule has 0 aliphatic heterocycles. The van der Waals surface area contributed by atoms with Gasteiger partial charge in [0, 0.05) is 0 Å². The van der Waals surface area contributed by atoms with Gasteiger partial charge in [-0.3, -0.25) is 0 Å². The molecule has 1 unspecified atom stereocenters. The second-order valence-corrected chi connectivity index (χ2v) is 14.0. The summed E-state index contributed by atoms with van der Waals surface area (Å²) in [5.74, 6) is 0. The van der Waals surface area contributed by atoms with Crippen LogP contribution in [0.1, 0.15) is 52.7 Å². The SMILES string of the molecule is CC(C)(C)c1ccc([I+]c2ccc(C(C)(C)C)cc2)cc1.O=S(=O)([O-])C(F)(F)C(F)C(F)(F)F. The fraction of sp³-hybridized carbons (Fsp3) is 0.478. The lowest BCUT2D eigenvalue weighted by Crippen LogP contribution is -3.61. The largest absolute Gasteiger partial charge is 0.743 e. The van der Waals surface area contributed by atoms with Crippen LogP contribution >= 0.6 is 0 Å². The highest BCUT2D eigenvalue weighted by Gasteiger charge is 2.61. The van der Waals surface area contributed by atoms with Crippen molar-refractivity contribution in [2.45, 2.75) is 70.0 Å². The molecule has 0 fully saturated rings. The van der Waals surface area contributed by atoms with Gasteiger partial charge in [0.2, 0.25) is 0 Å². The summed E-state index contributed by atoms with van der Waals surface area (Å²) in [6.07, 6.45) is -11.1. The summed E-state index contributed by atoms with van der Waals surface area (Å²) >= 11 is -0.0703.